The third-order valence-electron chi connectivity index (χ3n) is 1.80. The SMILES string of the molecule is C=N/C(C#N)=C(/N)N(N)c1ccccc1. The van der Waals surface area contributed by atoms with Crippen molar-refractivity contribution in [1.29, 1.82) is 5.26 Å². The van der Waals surface area contributed by atoms with E-state index < -0.39 is 0 Å². The second-order valence-corrected chi connectivity index (χ2v) is 2.71. The number of nitriles is 1. The summed E-state index contributed by atoms with van der Waals surface area (Å²) in [6, 6.07) is 10.8. The van der Waals surface area contributed by atoms with Crippen molar-refractivity contribution in [2.24, 2.45) is 16.6 Å². The van der Waals surface area contributed by atoms with Gasteiger partial charge in [-0.05, 0) is 18.9 Å². The maximum absolute atomic E-state index is 8.69. The minimum atomic E-state index is 0.00125. The number of allylic oxidation sites excluding steroid dienone is 1. The van der Waals surface area contributed by atoms with E-state index in [2.05, 4.69) is 11.7 Å². The van der Waals surface area contributed by atoms with Crippen LogP contribution in [0.3, 0.4) is 0 Å². The Morgan fingerprint density at radius 2 is 2.00 bits per heavy atom. The van der Waals surface area contributed by atoms with Gasteiger partial charge in [0, 0.05) is 0 Å². The minimum absolute atomic E-state index is 0.00125. The first-order valence-electron chi connectivity index (χ1n) is 4.17. The standard InChI is InChI=1S/C10H11N5/c1-14-9(7-11)10(12)15(13)8-5-3-2-4-6-8/h2-6H,1,12-13H2/b10-9-. The summed E-state index contributed by atoms with van der Waals surface area (Å²) in [5.74, 6) is 5.77. The summed E-state index contributed by atoms with van der Waals surface area (Å²) in [5, 5.41) is 9.88. The largest absolute Gasteiger partial charge is 0.382 e. The molecule has 0 aliphatic heterocycles. The highest BCUT2D eigenvalue weighted by Gasteiger charge is 2.08. The van der Waals surface area contributed by atoms with Crippen LogP contribution < -0.4 is 16.6 Å². The van der Waals surface area contributed by atoms with Crippen LogP contribution in [0.25, 0.3) is 0 Å². The van der Waals surface area contributed by atoms with Gasteiger partial charge in [0.15, 0.2) is 11.5 Å². The van der Waals surface area contributed by atoms with Crippen LogP contribution >= 0.6 is 0 Å². The van der Waals surface area contributed by atoms with Crippen LogP contribution in [0.15, 0.2) is 46.8 Å². The maximum Gasteiger partial charge on any atom is 0.181 e. The molecule has 0 atom stereocenters. The third kappa shape index (κ3) is 2.33. The molecule has 0 saturated heterocycles. The quantitative estimate of drug-likeness (QED) is 0.326. The summed E-state index contributed by atoms with van der Waals surface area (Å²) in [6.45, 7) is 3.24. The van der Waals surface area contributed by atoms with Crippen LogP contribution in [0.4, 0.5) is 5.69 Å². The highest BCUT2D eigenvalue weighted by atomic mass is 15.4. The summed E-state index contributed by atoms with van der Waals surface area (Å²) >= 11 is 0. The van der Waals surface area contributed by atoms with Crippen molar-refractivity contribution in [1.82, 2.24) is 0 Å². The van der Waals surface area contributed by atoms with Crippen LogP contribution in [0.2, 0.25) is 0 Å². The van der Waals surface area contributed by atoms with E-state index in [1.165, 1.54) is 5.01 Å². The van der Waals surface area contributed by atoms with Gasteiger partial charge in [0.05, 0.1) is 5.69 Å². The second-order valence-electron chi connectivity index (χ2n) is 2.71. The summed E-state index contributed by atoms with van der Waals surface area (Å²) in [4.78, 5) is 3.47. The van der Waals surface area contributed by atoms with E-state index in [9.17, 15) is 0 Å². The van der Waals surface area contributed by atoms with E-state index in [1.807, 2.05) is 18.2 Å². The summed E-state index contributed by atoms with van der Waals surface area (Å²) in [7, 11) is 0. The van der Waals surface area contributed by atoms with Gasteiger partial charge in [0.25, 0.3) is 0 Å². The number of aliphatic imine (C=N–C) groups is 1. The zero-order valence-corrected chi connectivity index (χ0v) is 8.09. The van der Waals surface area contributed by atoms with Gasteiger partial charge in [0.2, 0.25) is 0 Å². The lowest BCUT2D eigenvalue weighted by Gasteiger charge is -2.18. The van der Waals surface area contributed by atoms with Crippen molar-refractivity contribution in [3.8, 4) is 6.07 Å². The molecule has 76 valence electrons. The number of rotatable bonds is 3. The molecular weight excluding hydrogens is 190 g/mol. The third-order valence-corrected chi connectivity index (χ3v) is 1.80. The minimum Gasteiger partial charge on any atom is -0.382 e. The van der Waals surface area contributed by atoms with Crippen molar-refractivity contribution in [3.05, 3.63) is 41.8 Å². The van der Waals surface area contributed by atoms with Crippen molar-refractivity contribution < 1.29 is 0 Å². The van der Waals surface area contributed by atoms with Crippen LogP contribution in [0, 0.1) is 11.3 Å². The molecule has 0 aliphatic carbocycles. The molecule has 5 nitrogen and oxygen atoms in total. The first-order chi connectivity index (χ1) is 7.20. The Hall–Kier alpha value is -2.32. The molecular formula is C10H11N5. The van der Waals surface area contributed by atoms with Crippen molar-refractivity contribution >= 4 is 12.4 Å². The highest BCUT2D eigenvalue weighted by molar-refractivity contribution is 5.52. The fourth-order valence-electron chi connectivity index (χ4n) is 1.02. The van der Waals surface area contributed by atoms with E-state index >= 15 is 0 Å². The molecule has 0 spiro atoms. The number of nitrogens with zero attached hydrogens (tertiary/aromatic N) is 3. The normalized spacial score (nSPS) is 11.2. The molecule has 1 rings (SSSR count). The molecule has 1 aromatic rings. The molecule has 0 aromatic heterocycles. The first kappa shape index (κ1) is 10.8. The molecule has 0 fully saturated rings. The summed E-state index contributed by atoms with van der Waals surface area (Å²) in [6.07, 6.45) is 0. The van der Waals surface area contributed by atoms with Crippen LogP contribution in [-0.2, 0) is 0 Å². The number of hydrogen-bond donors (Lipinski definition) is 2. The molecule has 5 heteroatoms. The van der Waals surface area contributed by atoms with E-state index in [0.29, 0.717) is 5.69 Å². The van der Waals surface area contributed by atoms with Gasteiger partial charge in [-0.25, -0.2) is 10.8 Å². The molecule has 0 unspecified atom stereocenters. The molecule has 15 heavy (non-hydrogen) atoms. The van der Waals surface area contributed by atoms with Gasteiger partial charge < -0.3 is 5.73 Å². The fourth-order valence-corrected chi connectivity index (χ4v) is 1.02. The number of para-hydroxylation sites is 1. The van der Waals surface area contributed by atoms with E-state index in [-0.39, 0.29) is 11.5 Å². The molecule has 0 aliphatic rings. The number of hydrogen-bond acceptors (Lipinski definition) is 5. The smallest absolute Gasteiger partial charge is 0.181 e. The van der Waals surface area contributed by atoms with Gasteiger partial charge in [-0.15, -0.1) is 0 Å². The van der Waals surface area contributed by atoms with E-state index in [1.54, 1.807) is 18.2 Å². The molecule has 0 bridgehead atoms. The predicted molar refractivity (Wildman–Crippen MR) is 59.5 cm³/mol. The van der Waals surface area contributed by atoms with Gasteiger partial charge in [-0.2, -0.15) is 5.26 Å². The van der Waals surface area contributed by atoms with Crippen molar-refractivity contribution in [2.45, 2.75) is 0 Å². The Labute approximate surface area is 87.9 Å². The number of nitrogens with two attached hydrogens (primary N) is 2. The van der Waals surface area contributed by atoms with Crippen molar-refractivity contribution in [2.75, 3.05) is 5.01 Å². The van der Waals surface area contributed by atoms with Gasteiger partial charge in [-0.1, -0.05) is 18.2 Å². The fraction of sp³-hybridized carbons (Fsp3) is 0. The zero-order chi connectivity index (χ0) is 11.3. The molecule has 0 heterocycles. The average Bonchev–Trinajstić information content (AvgIpc) is 2.30. The highest BCUT2D eigenvalue weighted by Crippen LogP contribution is 2.13. The van der Waals surface area contributed by atoms with Gasteiger partial charge >= 0.3 is 0 Å². The maximum atomic E-state index is 8.69. The van der Waals surface area contributed by atoms with E-state index in [0.717, 1.165) is 0 Å². The lowest BCUT2D eigenvalue weighted by Crippen LogP contribution is -2.35. The lowest BCUT2D eigenvalue weighted by atomic mass is 10.3. The Morgan fingerprint density at radius 1 is 1.40 bits per heavy atom. The average molecular weight is 201 g/mol. The molecule has 0 amide bonds. The monoisotopic (exact) mass is 201 g/mol. The Balaban J connectivity index is 3.06. The molecule has 0 saturated carbocycles. The van der Waals surface area contributed by atoms with Crippen LogP contribution in [0.1, 0.15) is 0 Å². The number of hydrazine groups is 1. The van der Waals surface area contributed by atoms with Crippen LogP contribution in [-0.4, -0.2) is 6.72 Å². The topological polar surface area (TPSA) is 91.4 Å². The lowest BCUT2D eigenvalue weighted by molar-refractivity contribution is 0.955. The molecule has 4 N–H and O–H groups in total. The number of benzene rings is 1. The number of anilines is 1. The van der Waals surface area contributed by atoms with Gasteiger partial charge in [-0.3, -0.25) is 5.01 Å². The van der Waals surface area contributed by atoms with Crippen molar-refractivity contribution in [3.63, 3.8) is 0 Å². The Kier molecular flexibility index (Phi) is 3.43. The Bertz CT molecular complexity index is 415. The summed E-state index contributed by atoms with van der Waals surface area (Å²) in [5.41, 5.74) is 6.31. The zero-order valence-electron chi connectivity index (χ0n) is 8.09. The van der Waals surface area contributed by atoms with Gasteiger partial charge in [0.1, 0.15) is 6.07 Å². The second kappa shape index (κ2) is 4.79. The predicted octanol–water partition coefficient (Wildman–Crippen LogP) is 0.719. The van der Waals surface area contributed by atoms with Crippen LogP contribution in [0.5, 0.6) is 0 Å². The summed E-state index contributed by atoms with van der Waals surface area (Å²) < 4.78 is 0. The molecule has 0 radical (unpaired) electrons. The molecule has 1 aromatic carbocycles. The first-order valence-corrected chi connectivity index (χ1v) is 4.17. The Morgan fingerprint density at radius 3 is 2.47 bits per heavy atom. The van der Waals surface area contributed by atoms with E-state index in [4.69, 9.17) is 16.8 Å².